The zero-order chi connectivity index (χ0) is 23.5. The number of fused-ring (bicyclic) bond motifs is 1. The van der Waals surface area contributed by atoms with Crippen molar-refractivity contribution in [2.45, 2.75) is 26.2 Å². The van der Waals surface area contributed by atoms with E-state index in [1.165, 1.54) is 18.3 Å². The topological polar surface area (TPSA) is 140 Å². The van der Waals surface area contributed by atoms with E-state index in [0.717, 1.165) is 12.5 Å². The molecular formula is C22H18ClN5O5. The van der Waals surface area contributed by atoms with E-state index in [1.807, 2.05) is 0 Å². The number of pyridine rings is 1. The molecule has 0 spiro atoms. The minimum atomic E-state index is -0.661. The Morgan fingerprint density at radius 3 is 2.79 bits per heavy atom. The van der Waals surface area contributed by atoms with Crippen LogP contribution in [0.25, 0.3) is 0 Å². The number of nitro benzene ring substituents is 1. The molecule has 2 amide bonds. The van der Waals surface area contributed by atoms with Gasteiger partial charge in [-0.25, -0.2) is 5.43 Å². The lowest BCUT2D eigenvalue weighted by atomic mass is 9.93. The highest BCUT2D eigenvalue weighted by molar-refractivity contribution is 6.32. The van der Waals surface area contributed by atoms with Gasteiger partial charge in [0.15, 0.2) is 5.76 Å². The van der Waals surface area contributed by atoms with Gasteiger partial charge in [0.1, 0.15) is 10.8 Å². The Bertz CT molecular complexity index is 1290. The summed E-state index contributed by atoms with van der Waals surface area (Å²) in [5.74, 6) is -0.250. The van der Waals surface area contributed by atoms with E-state index in [-0.39, 0.29) is 22.0 Å². The first-order valence-electron chi connectivity index (χ1n) is 10.00. The van der Waals surface area contributed by atoms with Gasteiger partial charge in [0.2, 0.25) is 0 Å². The molecule has 1 aromatic carbocycles. The van der Waals surface area contributed by atoms with Gasteiger partial charge in [-0.2, -0.15) is 5.10 Å². The lowest BCUT2D eigenvalue weighted by Crippen LogP contribution is -2.22. The van der Waals surface area contributed by atoms with Crippen LogP contribution >= 0.6 is 11.6 Å². The van der Waals surface area contributed by atoms with Crippen molar-refractivity contribution >= 4 is 40.5 Å². The Hall–Kier alpha value is -4.05. The summed E-state index contributed by atoms with van der Waals surface area (Å²) in [7, 11) is 0. The number of benzene rings is 1. The molecular weight excluding hydrogens is 450 g/mol. The second kappa shape index (κ2) is 9.21. The van der Waals surface area contributed by atoms with Crippen LogP contribution < -0.4 is 10.7 Å². The number of nitro groups is 1. The van der Waals surface area contributed by atoms with Gasteiger partial charge in [-0.3, -0.25) is 24.7 Å². The Kier molecular flexibility index (Phi) is 6.18. The minimum absolute atomic E-state index is 0.0481. The van der Waals surface area contributed by atoms with Gasteiger partial charge in [0.05, 0.1) is 22.5 Å². The summed E-state index contributed by atoms with van der Waals surface area (Å²) in [6.07, 6.45) is 5.06. The molecule has 0 fully saturated rings. The van der Waals surface area contributed by atoms with E-state index in [9.17, 15) is 19.7 Å². The molecule has 0 saturated heterocycles. The summed E-state index contributed by atoms with van der Waals surface area (Å²) in [6.45, 7) is 1.76. The Morgan fingerprint density at radius 2 is 2.06 bits per heavy atom. The number of carbonyl (C=O) groups excluding carboxylic acids is 2. The van der Waals surface area contributed by atoms with Gasteiger partial charge in [-0.05, 0) is 44.0 Å². The van der Waals surface area contributed by atoms with Crippen LogP contribution in [0.5, 0.6) is 0 Å². The fraction of sp³-hybridized carbons (Fsp3) is 0.182. The van der Waals surface area contributed by atoms with Crippen LogP contribution in [0.2, 0.25) is 5.02 Å². The van der Waals surface area contributed by atoms with Crippen molar-refractivity contribution in [3.63, 3.8) is 0 Å². The van der Waals surface area contributed by atoms with E-state index >= 15 is 0 Å². The van der Waals surface area contributed by atoms with Crippen molar-refractivity contribution in [1.82, 2.24) is 10.4 Å². The van der Waals surface area contributed by atoms with E-state index in [1.54, 1.807) is 25.3 Å². The standard InChI is InChI=1S/C22H18ClN5O5/c1-12-19-16(26-27-21(29)13-7-8-15(23)17(10-13)28(31)32)5-2-6-18(19)33-20(12)22(30)25-14-4-3-9-24-11-14/h3-4,7-11H,2,5-6H2,1H3,(H,25,30)(H,27,29)/b26-16+. The van der Waals surface area contributed by atoms with Crippen LogP contribution in [-0.2, 0) is 6.42 Å². The van der Waals surface area contributed by atoms with Crippen molar-refractivity contribution in [3.8, 4) is 0 Å². The fourth-order valence-corrected chi connectivity index (χ4v) is 3.78. The van der Waals surface area contributed by atoms with Crippen LogP contribution in [0.4, 0.5) is 11.4 Å². The molecule has 1 aliphatic carbocycles. The van der Waals surface area contributed by atoms with E-state index in [0.29, 0.717) is 41.1 Å². The largest absolute Gasteiger partial charge is 0.455 e. The number of anilines is 1. The average Bonchev–Trinajstić information content (AvgIpc) is 3.15. The normalized spacial score (nSPS) is 13.9. The highest BCUT2D eigenvalue weighted by Gasteiger charge is 2.28. The highest BCUT2D eigenvalue weighted by atomic mass is 35.5. The third-order valence-electron chi connectivity index (χ3n) is 5.15. The molecule has 0 aliphatic heterocycles. The Labute approximate surface area is 192 Å². The number of carbonyl (C=O) groups is 2. The molecule has 2 heterocycles. The maximum absolute atomic E-state index is 12.7. The summed E-state index contributed by atoms with van der Waals surface area (Å²) < 4.78 is 5.83. The van der Waals surface area contributed by atoms with Crippen molar-refractivity contribution in [1.29, 1.82) is 0 Å². The minimum Gasteiger partial charge on any atom is -0.455 e. The number of halogens is 1. The van der Waals surface area contributed by atoms with Crippen molar-refractivity contribution in [3.05, 3.63) is 86.1 Å². The Morgan fingerprint density at radius 1 is 1.24 bits per heavy atom. The number of hydrogen-bond acceptors (Lipinski definition) is 7. The average molecular weight is 468 g/mol. The predicted molar refractivity (Wildman–Crippen MR) is 121 cm³/mol. The molecule has 2 aromatic heterocycles. The second-order valence-electron chi connectivity index (χ2n) is 7.33. The maximum atomic E-state index is 12.7. The third-order valence-corrected chi connectivity index (χ3v) is 5.47. The smallest absolute Gasteiger partial charge is 0.291 e. The van der Waals surface area contributed by atoms with Crippen molar-refractivity contribution < 1.29 is 18.9 Å². The lowest BCUT2D eigenvalue weighted by Gasteiger charge is -2.13. The molecule has 0 atom stereocenters. The number of nitrogens with one attached hydrogen (secondary N) is 2. The Balaban J connectivity index is 1.57. The fourth-order valence-electron chi connectivity index (χ4n) is 3.60. The maximum Gasteiger partial charge on any atom is 0.291 e. The number of aromatic nitrogens is 1. The summed E-state index contributed by atoms with van der Waals surface area (Å²) in [4.78, 5) is 39.6. The van der Waals surface area contributed by atoms with Gasteiger partial charge in [-0.1, -0.05) is 11.6 Å². The van der Waals surface area contributed by atoms with Gasteiger partial charge in [0.25, 0.3) is 17.5 Å². The molecule has 0 radical (unpaired) electrons. The summed E-state index contributed by atoms with van der Waals surface area (Å²) in [6, 6.07) is 7.17. The molecule has 0 saturated carbocycles. The first kappa shape index (κ1) is 22.2. The molecule has 1 aliphatic rings. The summed E-state index contributed by atoms with van der Waals surface area (Å²) in [5, 5.41) is 18.0. The molecule has 0 bridgehead atoms. The number of nitrogens with zero attached hydrogens (tertiary/aromatic N) is 3. The third kappa shape index (κ3) is 4.60. The quantitative estimate of drug-likeness (QED) is 0.424. The van der Waals surface area contributed by atoms with Gasteiger partial charge in [-0.15, -0.1) is 0 Å². The van der Waals surface area contributed by atoms with Gasteiger partial charge >= 0.3 is 0 Å². The zero-order valence-corrected chi connectivity index (χ0v) is 18.2. The predicted octanol–water partition coefficient (Wildman–Crippen LogP) is 4.27. The first-order valence-corrected chi connectivity index (χ1v) is 10.4. The second-order valence-corrected chi connectivity index (χ2v) is 7.73. The van der Waals surface area contributed by atoms with Crippen LogP contribution in [0.3, 0.4) is 0 Å². The van der Waals surface area contributed by atoms with Gasteiger partial charge in [0, 0.05) is 35.4 Å². The highest BCUT2D eigenvalue weighted by Crippen LogP contribution is 2.30. The SMILES string of the molecule is Cc1c(C(=O)Nc2cccnc2)oc2c1/C(=N/NC(=O)c1ccc(Cl)c([N+](=O)[O-])c1)CCC2. The number of hydrogen-bond donors (Lipinski definition) is 2. The van der Waals surface area contributed by atoms with Crippen LogP contribution in [0.1, 0.15) is 50.6 Å². The first-order chi connectivity index (χ1) is 15.8. The number of amides is 2. The lowest BCUT2D eigenvalue weighted by molar-refractivity contribution is -0.384. The molecule has 3 aromatic rings. The molecule has 0 unspecified atom stereocenters. The monoisotopic (exact) mass is 467 g/mol. The molecule has 33 heavy (non-hydrogen) atoms. The van der Waals surface area contributed by atoms with E-state index in [4.69, 9.17) is 16.0 Å². The van der Waals surface area contributed by atoms with E-state index in [2.05, 4.69) is 20.8 Å². The van der Waals surface area contributed by atoms with E-state index < -0.39 is 16.7 Å². The summed E-state index contributed by atoms with van der Waals surface area (Å²) in [5.41, 5.74) is 4.51. The van der Waals surface area contributed by atoms with Crippen LogP contribution in [0, 0.1) is 17.0 Å². The molecule has 4 rings (SSSR count). The molecule has 10 nitrogen and oxygen atoms in total. The van der Waals surface area contributed by atoms with Crippen LogP contribution in [0.15, 0.2) is 52.2 Å². The zero-order valence-electron chi connectivity index (χ0n) is 17.4. The molecule has 11 heteroatoms. The summed E-state index contributed by atoms with van der Waals surface area (Å²) >= 11 is 5.80. The number of aryl methyl sites for hydroxylation is 1. The molecule has 168 valence electrons. The van der Waals surface area contributed by atoms with Crippen molar-refractivity contribution in [2.75, 3.05) is 5.32 Å². The van der Waals surface area contributed by atoms with Crippen LogP contribution in [-0.4, -0.2) is 27.4 Å². The number of rotatable bonds is 5. The van der Waals surface area contributed by atoms with Crippen molar-refractivity contribution in [2.24, 2.45) is 5.10 Å². The van der Waals surface area contributed by atoms with Gasteiger partial charge < -0.3 is 9.73 Å². The molecule has 2 N–H and O–H groups in total. The number of furan rings is 1. The number of hydrazone groups is 1.